The van der Waals surface area contributed by atoms with Gasteiger partial charge in [0.2, 0.25) is 10.0 Å². The summed E-state index contributed by atoms with van der Waals surface area (Å²) in [6.07, 6.45) is 4.77. The molecule has 1 heterocycles. The Morgan fingerprint density at radius 1 is 1.35 bits per heavy atom. The zero-order chi connectivity index (χ0) is 14.6. The standard InChI is InChI=1S/C13H14ClN3O2S/c1-17(10-13-15-7-8-16-13)20(18,19)9-6-11-2-4-12(14)5-3-11/h2-9H,10H2,1H3,(H,15,16). The van der Waals surface area contributed by atoms with E-state index in [1.165, 1.54) is 22.8 Å². The summed E-state index contributed by atoms with van der Waals surface area (Å²) in [5.41, 5.74) is 0.768. The zero-order valence-electron chi connectivity index (χ0n) is 10.8. The number of aromatic nitrogens is 2. The largest absolute Gasteiger partial charge is 0.347 e. The van der Waals surface area contributed by atoms with Crippen molar-refractivity contribution in [1.29, 1.82) is 0 Å². The van der Waals surface area contributed by atoms with E-state index >= 15 is 0 Å². The van der Waals surface area contributed by atoms with Crippen LogP contribution in [0.5, 0.6) is 0 Å². The highest BCUT2D eigenvalue weighted by molar-refractivity contribution is 7.92. The number of hydrogen-bond donors (Lipinski definition) is 1. The van der Waals surface area contributed by atoms with Crippen LogP contribution in [0, 0.1) is 0 Å². The number of aromatic amines is 1. The third-order valence-electron chi connectivity index (χ3n) is 2.66. The quantitative estimate of drug-likeness (QED) is 0.922. The second-order valence-corrected chi connectivity index (χ2v) is 6.55. The van der Waals surface area contributed by atoms with E-state index in [1.807, 2.05) is 0 Å². The smallest absolute Gasteiger partial charge is 0.236 e. The predicted molar refractivity (Wildman–Crippen MR) is 79.5 cm³/mol. The van der Waals surface area contributed by atoms with Gasteiger partial charge in [0.25, 0.3) is 0 Å². The molecule has 1 aromatic heterocycles. The van der Waals surface area contributed by atoms with Gasteiger partial charge >= 0.3 is 0 Å². The second kappa shape index (κ2) is 6.21. The van der Waals surface area contributed by atoms with Crippen LogP contribution in [0.3, 0.4) is 0 Å². The Morgan fingerprint density at radius 3 is 2.65 bits per heavy atom. The van der Waals surface area contributed by atoms with Crippen molar-refractivity contribution >= 4 is 27.7 Å². The average Bonchev–Trinajstić information content (AvgIpc) is 2.91. The molecule has 0 fully saturated rings. The summed E-state index contributed by atoms with van der Waals surface area (Å²) in [5.74, 6) is 0.593. The van der Waals surface area contributed by atoms with E-state index in [4.69, 9.17) is 11.6 Å². The summed E-state index contributed by atoms with van der Waals surface area (Å²) in [6, 6.07) is 6.92. The highest BCUT2D eigenvalue weighted by Gasteiger charge is 2.15. The molecule has 7 heteroatoms. The van der Waals surface area contributed by atoms with Crippen molar-refractivity contribution in [1.82, 2.24) is 14.3 Å². The van der Waals surface area contributed by atoms with Crippen molar-refractivity contribution < 1.29 is 8.42 Å². The van der Waals surface area contributed by atoms with E-state index in [2.05, 4.69) is 9.97 Å². The van der Waals surface area contributed by atoms with Gasteiger partial charge in [-0.25, -0.2) is 13.4 Å². The molecule has 106 valence electrons. The maximum Gasteiger partial charge on any atom is 0.236 e. The third kappa shape index (κ3) is 3.93. The average molecular weight is 312 g/mol. The first-order chi connectivity index (χ1) is 9.47. The molecule has 20 heavy (non-hydrogen) atoms. The van der Waals surface area contributed by atoms with Crippen LogP contribution in [0.2, 0.25) is 5.02 Å². The second-order valence-electron chi connectivity index (χ2n) is 4.19. The Hall–Kier alpha value is -1.63. The van der Waals surface area contributed by atoms with Crippen molar-refractivity contribution in [3.63, 3.8) is 0 Å². The predicted octanol–water partition coefficient (Wildman–Crippen LogP) is 2.50. The summed E-state index contributed by atoms with van der Waals surface area (Å²) in [4.78, 5) is 6.86. The van der Waals surface area contributed by atoms with Crippen LogP contribution >= 0.6 is 11.6 Å². The lowest BCUT2D eigenvalue weighted by Gasteiger charge is -2.12. The van der Waals surface area contributed by atoms with Gasteiger partial charge in [-0.2, -0.15) is 4.31 Å². The minimum atomic E-state index is -3.48. The van der Waals surface area contributed by atoms with Gasteiger partial charge in [-0.05, 0) is 23.8 Å². The van der Waals surface area contributed by atoms with Gasteiger partial charge in [0.1, 0.15) is 5.82 Å². The fourth-order valence-corrected chi connectivity index (χ4v) is 2.49. The molecule has 2 aromatic rings. The minimum Gasteiger partial charge on any atom is -0.347 e. The number of H-pyrrole nitrogens is 1. The number of rotatable bonds is 5. The normalized spacial score (nSPS) is 12.3. The Bertz CT molecular complexity index is 679. The highest BCUT2D eigenvalue weighted by atomic mass is 35.5. The van der Waals surface area contributed by atoms with Gasteiger partial charge in [0.15, 0.2) is 0 Å². The van der Waals surface area contributed by atoms with Crippen molar-refractivity contribution in [2.24, 2.45) is 0 Å². The van der Waals surface area contributed by atoms with Crippen LogP contribution in [0.25, 0.3) is 6.08 Å². The van der Waals surface area contributed by atoms with E-state index in [0.29, 0.717) is 10.8 Å². The Morgan fingerprint density at radius 2 is 2.05 bits per heavy atom. The molecule has 0 bridgehead atoms. The third-order valence-corrected chi connectivity index (χ3v) is 4.39. The van der Waals surface area contributed by atoms with Crippen molar-refractivity contribution in [2.75, 3.05) is 7.05 Å². The summed E-state index contributed by atoms with van der Waals surface area (Å²) in [7, 11) is -1.98. The molecule has 0 aliphatic carbocycles. The van der Waals surface area contributed by atoms with Gasteiger partial charge in [0.05, 0.1) is 6.54 Å². The lowest BCUT2D eigenvalue weighted by molar-refractivity contribution is 0.466. The fourth-order valence-electron chi connectivity index (χ4n) is 1.53. The van der Waals surface area contributed by atoms with Gasteiger partial charge in [-0.15, -0.1) is 0 Å². The van der Waals surface area contributed by atoms with Crippen LogP contribution in [-0.2, 0) is 16.6 Å². The molecule has 0 radical (unpaired) electrons. The lowest BCUT2D eigenvalue weighted by atomic mass is 10.2. The molecule has 0 aliphatic rings. The molecular formula is C13H14ClN3O2S. The van der Waals surface area contributed by atoms with Crippen LogP contribution in [0.15, 0.2) is 42.1 Å². The Kier molecular flexibility index (Phi) is 4.59. The number of sulfonamides is 1. The van der Waals surface area contributed by atoms with E-state index in [-0.39, 0.29) is 6.54 Å². The number of nitrogens with one attached hydrogen (secondary N) is 1. The molecule has 1 aromatic carbocycles. The summed E-state index contributed by atoms with van der Waals surface area (Å²) >= 11 is 5.77. The first kappa shape index (κ1) is 14.8. The number of benzene rings is 1. The minimum absolute atomic E-state index is 0.195. The van der Waals surface area contributed by atoms with Crippen LogP contribution in [-0.4, -0.2) is 29.7 Å². The van der Waals surface area contributed by atoms with E-state index in [0.717, 1.165) is 5.56 Å². The number of hydrogen-bond acceptors (Lipinski definition) is 3. The molecule has 0 amide bonds. The summed E-state index contributed by atoms with van der Waals surface area (Å²) in [5, 5.41) is 1.78. The highest BCUT2D eigenvalue weighted by Crippen LogP contribution is 2.12. The molecule has 0 saturated carbocycles. The molecule has 0 spiro atoms. The monoisotopic (exact) mass is 311 g/mol. The summed E-state index contributed by atoms with van der Waals surface area (Å²) in [6.45, 7) is 0.195. The molecular weight excluding hydrogens is 298 g/mol. The maximum atomic E-state index is 12.1. The molecule has 0 aliphatic heterocycles. The first-order valence-electron chi connectivity index (χ1n) is 5.85. The SMILES string of the molecule is CN(Cc1ncc[nH]1)S(=O)(=O)C=Cc1ccc(Cl)cc1. The molecule has 2 rings (SSSR count). The van der Waals surface area contributed by atoms with Gasteiger partial charge in [-0.1, -0.05) is 23.7 Å². The fraction of sp³-hybridized carbons (Fsp3) is 0.154. The molecule has 0 saturated heterocycles. The van der Waals surface area contributed by atoms with Gasteiger partial charge in [0, 0.05) is 29.9 Å². The van der Waals surface area contributed by atoms with E-state index < -0.39 is 10.0 Å². The van der Waals surface area contributed by atoms with Gasteiger partial charge < -0.3 is 4.98 Å². The number of nitrogens with zero attached hydrogens (tertiary/aromatic N) is 2. The van der Waals surface area contributed by atoms with Crippen LogP contribution in [0.1, 0.15) is 11.4 Å². The zero-order valence-corrected chi connectivity index (χ0v) is 12.4. The first-order valence-corrected chi connectivity index (χ1v) is 7.74. The molecule has 1 N–H and O–H groups in total. The van der Waals surface area contributed by atoms with Gasteiger partial charge in [-0.3, -0.25) is 0 Å². The Labute approximate surface area is 123 Å². The van der Waals surface area contributed by atoms with Crippen LogP contribution in [0.4, 0.5) is 0 Å². The van der Waals surface area contributed by atoms with Crippen molar-refractivity contribution in [2.45, 2.75) is 6.54 Å². The van der Waals surface area contributed by atoms with Crippen molar-refractivity contribution in [3.8, 4) is 0 Å². The topological polar surface area (TPSA) is 66.1 Å². The van der Waals surface area contributed by atoms with E-state index in [9.17, 15) is 8.42 Å². The van der Waals surface area contributed by atoms with Crippen LogP contribution < -0.4 is 0 Å². The molecule has 0 atom stereocenters. The summed E-state index contributed by atoms with van der Waals surface area (Å²) < 4.78 is 25.4. The maximum absolute atomic E-state index is 12.1. The number of imidazole rings is 1. The Balaban J connectivity index is 2.08. The molecule has 0 unspecified atom stereocenters. The van der Waals surface area contributed by atoms with E-state index in [1.54, 1.807) is 36.7 Å². The number of halogens is 1. The van der Waals surface area contributed by atoms with Crippen molar-refractivity contribution in [3.05, 3.63) is 58.5 Å². The lowest BCUT2D eigenvalue weighted by Crippen LogP contribution is -2.24. The molecule has 5 nitrogen and oxygen atoms in total.